The predicted molar refractivity (Wildman–Crippen MR) is 196 cm³/mol. The van der Waals surface area contributed by atoms with Gasteiger partial charge in [-0.15, -0.1) is 5.19 Å². The summed E-state index contributed by atoms with van der Waals surface area (Å²) < 4.78 is 0. The molecule has 0 N–H and O–H groups in total. The van der Waals surface area contributed by atoms with E-state index in [0.29, 0.717) is 0 Å². The largest absolute Gasteiger partial charge is 4.00 e. The van der Waals surface area contributed by atoms with Crippen LogP contribution in [-0.2, 0) is 21.7 Å². The van der Waals surface area contributed by atoms with Crippen molar-refractivity contribution in [1.29, 1.82) is 0 Å². The fraction of sp³-hybridized carbons (Fsp3) is 0.410. The second-order valence-electron chi connectivity index (χ2n) is 13.6. The number of halogens is 3. The van der Waals surface area contributed by atoms with Crippen LogP contribution in [0.3, 0.4) is 0 Å². The Kier molecular flexibility index (Phi) is 16.1. The molecule has 3 nitrogen and oxygen atoms in total. The summed E-state index contributed by atoms with van der Waals surface area (Å²) in [4.78, 5) is 7.15. The first-order valence-corrected chi connectivity index (χ1v) is 17.6. The van der Waals surface area contributed by atoms with Gasteiger partial charge >= 0.3 is 21.7 Å². The van der Waals surface area contributed by atoms with Gasteiger partial charge in [-0.2, -0.15) is 22.3 Å². The minimum atomic E-state index is -3.07. The molecule has 4 rings (SSSR count). The van der Waals surface area contributed by atoms with E-state index < -0.39 is 8.07 Å². The zero-order valence-electron chi connectivity index (χ0n) is 31.4. The van der Waals surface area contributed by atoms with Gasteiger partial charge in [-0.05, 0) is 90.5 Å². The van der Waals surface area contributed by atoms with Crippen LogP contribution in [0.15, 0.2) is 36.4 Å². The standard InChI is InChI=1S/C39H54N3Si.3ClH.Ti/c1-23-17-20-26(4)36(33(23)40(11)12)43(39-31(9)29(7)30(8)32(39)10,37-27(5)21-18-24(2)34(37)41(13)14)38-28(6)22-19-25(3)35(38)42(15)16;;;;/h17-22H,1-16H3;3*1H;/q-1;;;;+4/p-3. The van der Waals surface area contributed by atoms with Crippen molar-refractivity contribution in [2.45, 2.75) is 69.2 Å². The van der Waals surface area contributed by atoms with Crippen molar-refractivity contribution in [3.63, 3.8) is 0 Å². The van der Waals surface area contributed by atoms with Crippen molar-refractivity contribution in [1.82, 2.24) is 0 Å². The zero-order chi connectivity index (χ0) is 32.3. The van der Waals surface area contributed by atoms with Crippen LogP contribution in [0, 0.1) is 69.2 Å². The number of aryl methyl sites for hydroxylation is 6. The van der Waals surface area contributed by atoms with E-state index in [2.05, 4.69) is 163 Å². The van der Waals surface area contributed by atoms with Gasteiger partial charge in [-0.1, -0.05) is 64.1 Å². The molecule has 0 heterocycles. The van der Waals surface area contributed by atoms with E-state index >= 15 is 0 Å². The topological polar surface area (TPSA) is 9.72 Å². The van der Waals surface area contributed by atoms with Gasteiger partial charge in [0, 0.05) is 59.3 Å². The molecule has 0 fully saturated rings. The molecule has 254 valence electrons. The molecule has 0 spiro atoms. The van der Waals surface area contributed by atoms with Crippen LogP contribution in [0.25, 0.3) is 0 Å². The molecule has 0 aliphatic carbocycles. The van der Waals surface area contributed by atoms with Gasteiger partial charge in [0.1, 0.15) is 8.07 Å². The van der Waals surface area contributed by atoms with Crippen LogP contribution < -0.4 is 72.7 Å². The Morgan fingerprint density at radius 1 is 0.404 bits per heavy atom. The Hall–Kier alpha value is -1.79. The van der Waals surface area contributed by atoms with Crippen LogP contribution in [0.1, 0.15) is 55.6 Å². The second-order valence-corrected chi connectivity index (χ2v) is 17.1. The molecule has 0 bridgehead atoms. The molecule has 4 aromatic rings. The van der Waals surface area contributed by atoms with Gasteiger partial charge in [0.2, 0.25) is 0 Å². The van der Waals surface area contributed by atoms with Crippen molar-refractivity contribution in [3.05, 3.63) is 92.0 Å². The SMILES string of the molecule is Cc1ccc(C)c([Si](c2c(C)ccc(C)c2N(C)C)(c2c(C)ccc(C)c2N(C)C)[c-]2c(C)c(C)c(C)c2C)c1N(C)C.[Cl-].[Cl-].[Cl-].[Ti+4]. The summed E-state index contributed by atoms with van der Waals surface area (Å²) >= 11 is 0. The Bertz CT molecular complexity index is 1540. The summed E-state index contributed by atoms with van der Waals surface area (Å²) in [5.41, 5.74) is 17.9. The minimum absolute atomic E-state index is 0. The van der Waals surface area contributed by atoms with Gasteiger partial charge < -0.3 is 51.9 Å². The van der Waals surface area contributed by atoms with Gasteiger partial charge in [0.05, 0.1) is 0 Å². The van der Waals surface area contributed by atoms with Crippen LogP contribution >= 0.6 is 0 Å². The second kappa shape index (κ2) is 16.7. The number of nitrogens with zero attached hydrogens (tertiary/aromatic N) is 3. The Morgan fingerprint density at radius 3 is 0.830 bits per heavy atom. The number of hydrogen-bond donors (Lipinski definition) is 0. The van der Waals surface area contributed by atoms with E-state index in [1.165, 1.54) is 88.3 Å². The molecule has 0 aliphatic rings. The molecule has 4 aromatic carbocycles. The van der Waals surface area contributed by atoms with E-state index in [4.69, 9.17) is 0 Å². The smallest absolute Gasteiger partial charge is 1.00 e. The minimum Gasteiger partial charge on any atom is -1.00 e. The maximum absolute atomic E-state index is 3.07. The fourth-order valence-corrected chi connectivity index (χ4v) is 15.4. The number of rotatable bonds is 7. The maximum Gasteiger partial charge on any atom is 4.00 e. The third kappa shape index (κ3) is 7.12. The van der Waals surface area contributed by atoms with Crippen LogP contribution in [-0.4, -0.2) is 50.4 Å². The number of anilines is 3. The Balaban J connectivity index is 0.00000529. The molecule has 0 aliphatic heterocycles. The van der Waals surface area contributed by atoms with E-state index in [-0.39, 0.29) is 58.9 Å². The first kappa shape index (κ1) is 45.2. The normalized spacial score (nSPS) is 10.7. The molecule has 0 radical (unpaired) electrons. The first-order valence-electron chi connectivity index (χ1n) is 15.6. The average Bonchev–Trinajstić information content (AvgIpc) is 3.11. The summed E-state index contributed by atoms with van der Waals surface area (Å²) in [6, 6.07) is 14.1. The van der Waals surface area contributed by atoms with Crippen molar-refractivity contribution < 1.29 is 58.9 Å². The quantitative estimate of drug-likeness (QED) is 0.114. The summed E-state index contributed by atoms with van der Waals surface area (Å²) in [6.07, 6.45) is 0. The van der Waals surface area contributed by atoms with Gasteiger partial charge in [0.25, 0.3) is 0 Å². The van der Waals surface area contributed by atoms with E-state index in [1.54, 1.807) is 5.19 Å². The van der Waals surface area contributed by atoms with Crippen LogP contribution in [0.2, 0.25) is 0 Å². The van der Waals surface area contributed by atoms with Gasteiger partial charge in [-0.25, -0.2) is 0 Å². The van der Waals surface area contributed by atoms with Gasteiger partial charge in [0.15, 0.2) is 0 Å². The van der Waals surface area contributed by atoms with Crippen molar-refractivity contribution in [2.24, 2.45) is 0 Å². The summed E-state index contributed by atoms with van der Waals surface area (Å²) in [6.45, 7) is 23.4. The van der Waals surface area contributed by atoms with E-state index in [9.17, 15) is 0 Å². The van der Waals surface area contributed by atoms with Crippen molar-refractivity contribution >= 4 is 45.9 Å². The molecule has 0 atom stereocenters. The van der Waals surface area contributed by atoms with E-state index in [0.717, 1.165) is 0 Å². The molecule has 8 heteroatoms. The summed E-state index contributed by atoms with van der Waals surface area (Å²) in [5.74, 6) is 0. The summed E-state index contributed by atoms with van der Waals surface area (Å²) in [7, 11) is 10.3. The maximum atomic E-state index is 2.40. The first-order chi connectivity index (χ1) is 20.0. The molecule has 0 saturated carbocycles. The predicted octanol–water partition coefficient (Wildman–Crippen LogP) is -2.93. The number of benzene rings is 3. The monoisotopic (exact) mass is 745 g/mol. The van der Waals surface area contributed by atoms with Crippen molar-refractivity contribution in [2.75, 3.05) is 57.0 Å². The molecule has 0 unspecified atom stereocenters. The molecule has 0 amide bonds. The Labute approximate surface area is 321 Å². The Morgan fingerprint density at radius 2 is 0.617 bits per heavy atom. The van der Waals surface area contributed by atoms with Crippen LogP contribution in [0.5, 0.6) is 0 Å². The molecule has 0 saturated heterocycles. The average molecular weight is 747 g/mol. The third-order valence-electron chi connectivity index (χ3n) is 10.0. The van der Waals surface area contributed by atoms with Crippen LogP contribution in [0.4, 0.5) is 17.1 Å². The molecular weight excluding hydrogens is 693 g/mol. The molecule has 47 heavy (non-hydrogen) atoms. The van der Waals surface area contributed by atoms with Crippen molar-refractivity contribution in [3.8, 4) is 0 Å². The molecular formula is C39H54Cl3N3SiTi. The number of hydrogen-bond acceptors (Lipinski definition) is 3. The zero-order valence-corrected chi connectivity index (χ0v) is 36.3. The van der Waals surface area contributed by atoms with E-state index in [1.807, 2.05) is 0 Å². The fourth-order valence-electron chi connectivity index (χ4n) is 8.07. The summed E-state index contributed by atoms with van der Waals surface area (Å²) in [5, 5.41) is 6.11. The van der Waals surface area contributed by atoms with Gasteiger partial charge in [-0.3, -0.25) is 0 Å². The molecule has 0 aromatic heterocycles. The third-order valence-corrected chi connectivity index (χ3v) is 15.7.